The molecule has 21 heavy (non-hydrogen) atoms. The molecule has 0 bridgehead atoms. The third kappa shape index (κ3) is 3.03. The Morgan fingerprint density at radius 2 is 2.29 bits per heavy atom. The van der Waals surface area contributed by atoms with Crippen molar-refractivity contribution >= 4 is 38.9 Å². The van der Waals surface area contributed by atoms with E-state index in [1.807, 2.05) is 25.3 Å². The molecule has 0 aliphatic carbocycles. The largest absolute Gasteiger partial charge is 0.320 e. The number of aryl methyl sites for hydroxylation is 1. The van der Waals surface area contributed by atoms with Crippen molar-refractivity contribution in [2.24, 2.45) is 0 Å². The van der Waals surface area contributed by atoms with Crippen molar-refractivity contribution in [1.29, 1.82) is 0 Å². The number of pyridine rings is 1. The van der Waals surface area contributed by atoms with Crippen LogP contribution in [0.4, 0.5) is 5.69 Å². The van der Waals surface area contributed by atoms with E-state index >= 15 is 0 Å². The molecule has 106 valence electrons. The molecule has 0 radical (unpaired) electrons. The first-order valence-electron chi connectivity index (χ1n) is 6.17. The van der Waals surface area contributed by atoms with Crippen molar-refractivity contribution in [3.8, 4) is 5.82 Å². The lowest BCUT2D eigenvalue weighted by Gasteiger charge is -2.04. The predicted molar refractivity (Wildman–Crippen MR) is 86.1 cm³/mol. The average molecular weight is 363 g/mol. The maximum absolute atomic E-state index is 12.1. The van der Waals surface area contributed by atoms with Crippen LogP contribution in [0.5, 0.6) is 0 Å². The molecule has 3 heterocycles. The third-order valence-electron chi connectivity index (χ3n) is 2.83. The minimum atomic E-state index is -0.137. The van der Waals surface area contributed by atoms with E-state index in [9.17, 15) is 4.79 Å². The Morgan fingerprint density at radius 3 is 2.86 bits per heavy atom. The zero-order chi connectivity index (χ0) is 14.8. The molecule has 0 aromatic carbocycles. The fraction of sp³-hybridized carbons (Fsp3) is 0.0714. The molecule has 0 fully saturated rings. The first-order valence-corrected chi connectivity index (χ1v) is 7.78. The van der Waals surface area contributed by atoms with Gasteiger partial charge in [-0.05, 0) is 52.7 Å². The van der Waals surface area contributed by atoms with Crippen LogP contribution in [-0.4, -0.2) is 20.7 Å². The number of amides is 1. The van der Waals surface area contributed by atoms with E-state index < -0.39 is 0 Å². The summed E-state index contributed by atoms with van der Waals surface area (Å²) in [5, 5.41) is 6.93. The number of halogens is 1. The highest BCUT2D eigenvalue weighted by molar-refractivity contribution is 9.11. The molecule has 3 aromatic heterocycles. The van der Waals surface area contributed by atoms with Crippen molar-refractivity contribution in [1.82, 2.24) is 14.8 Å². The second-order valence-electron chi connectivity index (χ2n) is 4.38. The van der Waals surface area contributed by atoms with Crippen LogP contribution in [-0.2, 0) is 0 Å². The first kappa shape index (κ1) is 14.0. The Kier molecular flexibility index (Phi) is 3.85. The van der Waals surface area contributed by atoms with Gasteiger partial charge in [-0.3, -0.25) is 4.79 Å². The number of aromatic nitrogens is 3. The molecule has 7 heteroatoms. The molecule has 3 aromatic rings. The highest BCUT2D eigenvalue weighted by Gasteiger charge is 2.11. The minimum Gasteiger partial charge on any atom is -0.320 e. The zero-order valence-corrected chi connectivity index (χ0v) is 13.5. The van der Waals surface area contributed by atoms with E-state index in [0.717, 1.165) is 9.35 Å². The van der Waals surface area contributed by atoms with E-state index in [2.05, 4.69) is 31.3 Å². The highest BCUT2D eigenvalue weighted by Crippen LogP contribution is 2.27. The second kappa shape index (κ2) is 5.79. The van der Waals surface area contributed by atoms with Crippen molar-refractivity contribution < 1.29 is 4.79 Å². The lowest BCUT2D eigenvalue weighted by molar-refractivity contribution is 0.103. The summed E-state index contributed by atoms with van der Waals surface area (Å²) < 4.78 is 2.63. The molecule has 5 nitrogen and oxygen atoms in total. The highest BCUT2D eigenvalue weighted by atomic mass is 79.9. The Bertz CT molecular complexity index is 745. The summed E-state index contributed by atoms with van der Waals surface area (Å²) >= 11 is 4.83. The molecular weight excluding hydrogens is 352 g/mol. The van der Waals surface area contributed by atoms with E-state index in [1.165, 1.54) is 11.3 Å². The number of carbonyl (C=O) groups is 1. The molecule has 1 amide bonds. The molecule has 0 saturated carbocycles. The Balaban J connectivity index is 1.74. The van der Waals surface area contributed by atoms with Gasteiger partial charge in [0, 0.05) is 12.4 Å². The number of carbonyl (C=O) groups excluding carboxylic acids is 1. The van der Waals surface area contributed by atoms with Crippen molar-refractivity contribution in [3.05, 3.63) is 57.1 Å². The number of nitrogens with zero attached hydrogens (tertiary/aromatic N) is 3. The molecule has 0 saturated heterocycles. The second-order valence-corrected chi connectivity index (χ2v) is 6.75. The quantitative estimate of drug-likeness (QED) is 0.773. The van der Waals surface area contributed by atoms with Gasteiger partial charge in [-0.2, -0.15) is 5.10 Å². The maximum Gasteiger partial charge on any atom is 0.265 e. The van der Waals surface area contributed by atoms with Crippen LogP contribution < -0.4 is 5.32 Å². The van der Waals surface area contributed by atoms with Gasteiger partial charge in [-0.25, -0.2) is 9.67 Å². The van der Waals surface area contributed by atoms with E-state index in [0.29, 0.717) is 16.4 Å². The lowest BCUT2D eigenvalue weighted by atomic mass is 10.3. The third-order valence-corrected chi connectivity index (χ3v) is 4.96. The van der Waals surface area contributed by atoms with Gasteiger partial charge in [0.25, 0.3) is 5.91 Å². The molecule has 0 aliphatic heterocycles. The summed E-state index contributed by atoms with van der Waals surface area (Å²) in [6.45, 7) is 1.96. The Morgan fingerprint density at radius 1 is 1.43 bits per heavy atom. The van der Waals surface area contributed by atoms with Gasteiger partial charge in [-0.15, -0.1) is 11.3 Å². The first-order chi connectivity index (χ1) is 10.1. The summed E-state index contributed by atoms with van der Waals surface area (Å²) in [6.07, 6.45) is 5.12. The Hall–Kier alpha value is -1.99. The van der Waals surface area contributed by atoms with Gasteiger partial charge in [0.1, 0.15) is 0 Å². The molecular formula is C14H11BrN4OS. The maximum atomic E-state index is 12.1. The van der Waals surface area contributed by atoms with Crippen molar-refractivity contribution in [2.45, 2.75) is 6.92 Å². The molecule has 1 N–H and O–H groups in total. The van der Waals surface area contributed by atoms with E-state index in [1.54, 1.807) is 29.2 Å². The van der Waals surface area contributed by atoms with E-state index in [-0.39, 0.29) is 5.91 Å². The smallest absolute Gasteiger partial charge is 0.265 e. The number of anilines is 1. The number of thiophene rings is 1. The predicted octanol–water partition coefficient (Wildman–Crippen LogP) is 3.65. The SMILES string of the molecule is Cc1cc(C(=O)Nc2ccc(-n3cccn3)nc2)sc1Br. The standard InChI is InChI=1S/C14H11BrN4OS/c1-9-7-11(21-13(9)15)14(20)18-10-3-4-12(16-8-10)19-6-2-5-17-19/h2-8H,1H3,(H,18,20). The summed E-state index contributed by atoms with van der Waals surface area (Å²) in [4.78, 5) is 17.1. The topological polar surface area (TPSA) is 59.8 Å². The number of nitrogens with one attached hydrogen (secondary N) is 1. The number of hydrogen-bond acceptors (Lipinski definition) is 4. The van der Waals surface area contributed by atoms with Crippen LogP contribution >= 0.6 is 27.3 Å². The van der Waals surface area contributed by atoms with Crippen LogP contribution in [0.1, 0.15) is 15.2 Å². The number of rotatable bonds is 3. The Labute approximate surface area is 133 Å². The van der Waals surface area contributed by atoms with Gasteiger partial charge >= 0.3 is 0 Å². The minimum absolute atomic E-state index is 0.137. The lowest BCUT2D eigenvalue weighted by Crippen LogP contribution is -2.10. The molecule has 0 spiro atoms. The van der Waals surface area contributed by atoms with Crippen LogP contribution in [0.25, 0.3) is 5.82 Å². The average Bonchev–Trinajstić information content (AvgIpc) is 3.11. The molecule has 3 rings (SSSR count). The summed E-state index contributed by atoms with van der Waals surface area (Å²) in [5.74, 6) is 0.565. The van der Waals surface area contributed by atoms with Gasteiger partial charge in [0.05, 0.1) is 20.5 Å². The number of hydrogen-bond donors (Lipinski definition) is 1. The van der Waals surface area contributed by atoms with Crippen LogP contribution in [0.15, 0.2) is 46.6 Å². The zero-order valence-electron chi connectivity index (χ0n) is 11.1. The summed E-state index contributed by atoms with van der Waals surface area (Å²) in [7, 11) is 0. The van der Waals surface area contributed by atoms with Crippen LogP contribution in [0, 0.1) is 6.92 Å². The molecule has 0 unspecified atom stereocenters. The van der Waals surface area contributed by atoms with Crippen molar-refractivity contribution in [3.63, 3.8) is 0 Å². The summed E-state index contributed by atoms with van der Waals surface area (Å²) in [6, 6.07) is 7.29. The fourth-order valence-electron chi connectivity index (χ4n) is 1.76. The van der Waals surface area contributed by atoms with Crippen LogP contribution in [0.3, 0.4) is 0 Å². The van der Waals surface area contributed by atoms with E-state index in [4.69, 9.17) is 0 Å². The normalized spacial score (nSPS) is 10.6. The fourth-order valence-corrected chi connectivity index (χ4v) is 3.19. The molecule has 0 atom stereocenters. The van der Waals surface area contributed by atoms with Crippen molar-refractivity contribution in [2.75, 3.05) is 5.32 Å². The van der Waals surface area contributed by atoms with Gasteiger partial charge in [0.2, 0.25) is 0 Å². The monoisotopic (exact) mass is 362 g/mol. The van der Waals surface area contributed by atoms with Gasteiger partial charge < -0.3 is 5.32 Å². The molecule has 0 aliphatic rings. The van der Waals surface area contributed by atoms with Gasteiger partial charge in [-0.1, -0.05) is 0 Å². The van der Waals surface area contributed by atoms with Gasteiger partial charge in [0.15, 0.2) is 5.82 Å². The van der Waals surface area contributed by atoms with Crippen LogP contribution in [0.2, 0.25) is 0 Å². The summed E-state index contributed by atoms with van der Waals surface area (Å²) in [5.41, 5.74) is 1.70.